The summed E-state index contributed by atoms with van der Waals surface area (Å²) in [4.78, 5) is 13.1. The third-order valence-corrected chi connectivity index (χ3v) is 2.36. The summed E-state index contributed by atoms with van der Waals surface area (Å²) in [5.41, 5.74) is 0. The molecule has 0 aliphatic heterocycles. The highest BCUT2D eigenvalue weighted by molar-refractivity contribution is 5.74. The summed E-state index contributed by atoms with van der Waals surface area (Å²) in [6, 6.07) is 0.296. The van der Waals surface area contributed by atoms with E-state index in [9.17, 15) is 4.79 Å². The van der Waals surface area contributed by atoms with Crippen LogP contribution in [0.25, 0.3) is 0 Å². The van der Waals surface area contributed by atoms with Crippen LogP contribution in [-0.4, -0.2) is 23.4 Å². The lowest BCUT2D eigenvalue weighted by atomic mass is 10.0. The first-order valence-electron chi connectivity index (χ1n) is 4.80. The van der Waals surface area contributed by atoms with Gasteiger partial charge in [0.05, 0.1) is 6.04 Å². The molecule has 72 valence electrons. The SMILES string of the molecule is C=CCN(C(C)=O)[C@@H]1C=CCCC1. The second-order valence-corrected chi connectivity index (χ2v) is 3.39. The van der Waals surface area contributed by atoms with E-state index in [4.69, 9.17) is 0 Å². The van der Waals surface area contributed by atoms with E-state index in [2.05, 4.69) is 18.7 Å². The molecule has 0 aromatic heterocycles. The first-order chi connectivity index (χ1) is 6.25. The van der Waals surface area contributed by atoms with Gasteiger partial charge in [-0.05, 0) is 19.3 Å². The van der Waals surface area contributed by atoms with Gasteiger partial charge in [-0.25, -0.2) is 0 Å². The number of rotatable bonds is 3. The maximum absolute atomic E-state index is 11.3. The molecule has 1 amide bonds. The summed E-state index contributed by atoms with van der Waals surface area (Å²) in [5, 5.41) is 0. The van der Waals surface area contributed by atoms with Crippen LogP contribution in [0.2, 0.25) is 0 Å². The van der Waals surface area contributed by atoms with Gasteiger partial charge in [-0.2, -0.15) is 0 Å². The number of hydrogen-bond donors (Lipinski definition) is 0. The first kappa shape index (κ1) is 10.0. The second kappa shape index (κ2) is 4.85. The summed E-state index contributed by atoms with van der Waals surface area (Å²) in [5.74, 6) is 0.136. The van der Waals surface area contributed by atoms with E-state index in [0.29, 0.717) is 12.6 Å². The minimum Gasteiger partial charge on any atom is -0.333 e. The van der Waals surface area contributed by atoms with Crippen LogP contribution in [0.4, 0.5) is 0 Å². The monoisotopic (exact) mass is 179 g/mol. The lowest BCUT2D eigenvalue weighted by Crippen LogP contribution is -2.38. The second-order valence-electron chi connectivity index (χ2n) is 3.39. The highest BCUT2D eigenvalue weighted by Crippen LogP contribution is 2.16. The van der Waals surface area contributed by atoms with Gasteiger partial charge < -0.3 is 4.90 Å². The van der Waals surface area contributed by atoms with Crippen LogP contribution >= 0.6 is 0 Å². The molecule has 0 radical (unpaired) electrons. The van der Waals surface area contributed by atoms with Crippen LogP contribution in [0, 0.1) is 0 Å². The fourth-order valence-electron chi connectivity index (χ4n) is 1.69. The quantitative estimate of drug-likeness (QED) is 0.608. The Morgan fingerprint density at radius 3 is 3.00 bits per heavy atom. The number of amides is 1. The van der Waals surface area contributed by atoms with Gasteiger partial charge in [-0.15, -0.1) is 6.58 Å². The third kappa shape index (κ3) is 2.72. The molecule has 2 heteroatoms. The molecular formula is C11H17NO. The van der Waals surface area contributed by atoms with Crippen molar-refractivity contribution < 1.29 is 4.79 Å². The zero-order chi connectivity index (χ0) is 9.68. The van der Waals surface area contributed by atoms with Crippen LogP contribution in [0.3, 0.4) is 0 Å². The number of hydrogen-bond acceptors (Lipinski definition) is 1. The smallest absolute Gasteiger partial charge is 0.220 e. The van der Waals surface area contributed by atoms with E-state index >= 15 is 0 Å². The fourth-order valence-corrected chi connectivity index (χ4v) is 1.69. The average molecular weight is 179 g/mol. The minimum atomic E-state index is 0.136. The minimum absolute atomic E-state index is 0.136. The molecule has 0 aromatic carbocycles. The predicted molar refractivity (Wildman–Crippen MR) is 54.4 cm³/mol. The van der Waals surface area contributed by atoms with Gasteiger partial charge >= 0.3 is 0 Å². The molecule has 0 unspecified atom stereocenters. The van der Waals surface area contributed by atoms with Crippen LogP contribution in [-0.2, 0) is 4.79 Å². The molecule has 1 rings (SSSR count). The molecule has 1 aliphatic rings. The Morgan fingerprint density at radius 1 is 1.77 bits per heavy atom. The van der Waals surface area contributed by atoms with Crippen LogP contribution in [0.15, 0.2) is 24.8 Å². The molecule has 0 bridgehead atoms. The third-order valence-electron chi connectivity index (χ3n) is 2.36. The summed E-state index contributed by atoms with van der Waals surface area (Å²) in [6.45, 7) is 5.93. The van der Waals surface area contributed by atoms with Crippen LogP contribution in [0.1, 0.15) is 26.2 Å². The Balaban J connectivity index is 2.62. The fraction of sp³-hybridized carbons (Fsp3) is 0.545. The molecule has 1 atom stereocenters. The van der Waals surface area contributed by atoms with Gasteiger partial charge in [0, 0.05) is 13.5 Å². The van der Waals surface area contributed by atoms with Crippen molar-refractivity contribution >= 4 is 5.91 Å². The van der Waals surface area contributed by atoms with Gasteiger partial charge in [0.1, 0.15) is 0 Å². The predicted octanol–water partition coefficient (Wildman–Crippen LogP) is 2.13. The van der Waals surface area contributed by atoms with Gasteiger partial charge in [0.25, 0.3) is 0 Å². The zero-order valence-corrected chi connectivity index (χ0v) is 8.20. The molecule has 0 fully saturated rings. The highest BCUT2D eigenvalue weighted by Gasteiger charge is 2.18. The van der Waals surface area contributed by atoms with Crippen molar-refractivity contribution in [2.75, 3.05) is 6.54 Å². The largest absolute Gasteiger partial charge is 0.333 e. The Hall–Kier alpha value is -1.05. The molecule has 0 heterocycles. The van der Waals surface area contributed by atoms with Gasteiger partial charge in [-0.3, -0.25) is 4.79 Å². The molecule has 13 heavy (non-hydrogen) atoms. The van der Waals surface area contributed by atoms with Gasteiger partial charge in [0.2, 0.25) is 5.91 Å². The van der Waals surface area contributed by atoms with E-state index in [1.165, 1.54) is 6.42 Å². The van der Waals surface area contributed by atoms with E-state index in [-0.39, 0.29) is 5.91 Å². The number of carbonyl (C=O) groups is 1. The first-order valence-corrected chi connectivity index (χ1v) is 4.80. The maximum Gasteiger partial charge on any atom is 0.220 e. The summed E-state index contributed by atoms with van der Waals surface area (Å²) in [7, 11) is 0. The average Bonchev–Trinajstić information content (AvgIpc) is 2.15. The lowest BCUT2D eigenvalue weighted by molar-refractivity contribution is -0.129. The Bertz CT molecular complexity index is 220. The highest BCUT2D eigenvalue weighted by atomic mass is 16.2. The number of carbonyl (C=O) groups excluding carboxylic acids is 1. The van der Waals surface area contributed by atoms with Gasteiger partial charge in [0.15, 0.2) is 0 Å². The summed E-state index contributed by atoms with van der Waals surface area (Å²) < 4.78 is 0. The van der Waals surface area contributed by atoms with Crippen LogP contribution in [0.5, 0.6) is 0 Å². The van der Waals surface area contributed by atoms with Crippen molar-refractivity contribution in [2.24, 2.45) is 0 Å². The van der Waals surface area contributed by atoms with Crippen molar-refractivity contribution in [3.63, 3.8) is 0 Å². The molecular weight excluding hydrogens is 162 g/mol. The van der Waals surface area contributed by atoms with E-state index < -0.39 is 0 Å². The van der Waals surface area contributed by atoms with Crippen molar-refractivity contribution in [2.45, 2.75) is 32.2 Å². The summed E-state index contributed by atoms with van der Waals surface area (Å²) in [6.07, 6.45) is 9.49. The van der Waals surface area contributed by atoms with Crippen molar-refractivity contribution in [3.8, 4) is 0 Å². The normalized spacial score (nSPS) is 21.2. The molecule has 0 spiro atoms. The van der Waals surface area contributed by atoms with Crippen LogP contribution < -0.4 is 0 Å². The molecule has 0 aromatic rings. The van der Waals surface area contributed by atoms with Gasteiger partial charge in [-0.1, -0.05) is 18.2 Å². The number of nitrogens with zero attached hydrogens (tertiary/aromatic N) is 1. The standard InChI is InChI=1S/C11H17NO/c1-3-9-12(10(2)13)11-7-5-4-6-8-11/h3,5,7,11H,1,4,6,8-9H2,2H3/t11-/m1/s1. The van der Waals surface area contributed by atoms with Crippen molar-refractivity contribution in [3.05, 3.63) is 24.8 Å². The van der Waals surface area contributed by atoms with E-state index in [1.807, 2.05) is 4.90 Å². The zero-order valence-electron chi connectivity index (χ0n) is 8.20. The topological polar surface area (TPSA) is 20.3 Å². The Morgan fingerprint density at radius 2 is 2.54 bits per heavy atom. The summed E-state index contributed by atoms with van der Waals surface area (Å²) >= 11 is 0. The lowest BCUT2D eigenvalue weighted by Gasteiger charge is -2.29. The van der Waals surface area contributed by atoms with Crippen molar-refractivity contribution in [1.29, 1.82) is 0 Å². The number of allylic oxidation sites excluding steroid dienone is 1. The molecule has 0 saturated carbocycles. The molecule has 0 saturated heterocycles. The van der Waals surface area contributed by atoms with Crippen molar-refractivity contribution in [1.82, 2.24) is 4.90 Å². The van der Waals surface area contributed by atoms with E-state index in [1.54, 1.807) is 13.0 Å². The van der Waals surface area contributed by atoms with E-state index in [0.717, 1.165) is 12.8 Å². The Labute approximate surface area is 79.9 Å². The molecule has 1 aliphatic carbocycles. The molecule has 0 N–H and O–H groups in total. The maximum atomic E-state index is 11.3. The molecule has 2 nitrogen and oxygen atoms in total. The Kier molecular flexibility index (Phi) is 3.74.